The molecule has 0 aliphatic rings. The van der Waals surface area contributed by atoms with Crippen molar-refractivity contribution in [1.29, 1.82) is 0 Å². The first-order valence-corrected chi connectivity index (χ1v) is 9.77. The Labute approximate surface area is 184 Å². The fourth-order valence-corrected chi connectivity index (χ4v) is 3.33. The molecule has 0 amide bonds. The van der Waals surface area contributed by atoms with Crippen molar-refractivity contribution in [3.63, 3.8) is 0 Å². The SMILES string of the molecule is C[C@H](F)c1coc(=O)n1-c1nc(N[C@@H](C)c2cc(F)c(-c3cnn(C)c3)cc2F)ncc1F. The summed E-state index contributed by atoms with van der Waals surface area (Å²) in [5, 5.41) is 6.69. The second kappa shape index (κ2) is 8.52. The molecule has 0 fully saturated rings. The van der Waals surface area contributed by atoms with Gasteiger partial charge in [-0.15, -0.1) is 0 Å². The Morgan fingerprint density at radius 2 is 1.85 bits per heavy atom. The third-order valence-electron chi connectivity index (χ3n) is 4.98. The second-order valence-electron chi connectivity index (χ2n) is 7.37. The fourth-order valence-electron chi connectivity index (χ4n) is 3.33. The van der Waals surface area contributed by atoms with E-state index < -0.39 is 41.2 Å². The molecule has 0 saturated carbocycles. The van der Waals surface area contributed by atoms with Gasteiger partial charge in [-0.25, -0.2) is 31.9 Å². The smallest absolute Gasteiger partial charge is 0.416 e. The summed E-state index contributed by atoms with van der Waals surface area (Å²) in [4.78, 5) is 19.7. The van der Waals surface area contributed by atoms with Gasteiger partial charge in [-0.2, -0.15) is 10.1 Å². The number of rotatable bonds is 6. The molecule has 0 unspecified atom stereocenters. The summed E-state index contributed by atoms with van der Waals surface area (Å²) >= 11 is 0. The van der Waals surface area contributed by atoms with Gasteiger partial charge >= 0.3 is 5.76 Å². The average Bonchev–Trinajstić information content (AvgIpc) is 3.36. The van der Waals surface area contributed by atoms with E-state index in [4.69, 9.17) is 0 Å². The van der Waals surface area contributed by atoms with Crippen molar-refractivity contribution in [2.24, 2.45) is 7.05 Å². The number of anilines is 1. The van der Waals surface area contributed by atoms with Crippen molar-refractivity contribution in [3.8, 4) is 16.9 Å². The van der Waals surface area contributed by atoms with E-state index in [2.05, 4.69) is 24.8 Å². The molecule has 3 aromatic heterocycles. The quantitative estimate of drug-likeness (QED) is 0.431. The fraction of sp³-hybridized carbons (Fsp3) is 0.238. The van der Waals surface area contributed by atoms with Crippen molar-refractivity contribution >= 4 is 5.95 Å². The van der Waals surface area contributed by atoms with Crippen molar-refractivity contribution in [2.75, 3.05) is 5.32 Å². The zero-order chi connectivity index (χ0) is 23.9. The number of nitrogens with one attached hydrogen (secondary N) is 1. The Morgan fingerprint density at radius 1 is 1.09 bits per heavy atom. The van der Waals surface area contributed by atoms with Crippen LogP contribution in [-0.2, 0) is 7.05 Å². The van der Waals surface area contributed by atoms with Crippen LogP contribution in [0.15, 0.2) is 46.2 Å². The first-order valence-electron chi connectivity index (χ1n) is 9.77. The molecule has 0 bridgehead atoms. The Hall–Kier alpha value is -3.96. The van der Waals surface area contributed by atoms with E-state index in [1.165, 1.54) is 17.8 Å². The lowest BCUT2D eigenvalue weighted by Gasteiger charge is -2.17. The van der Waals surface area contributed by atoms with Crippen LogP contribution in [0.3, 0.4) is 0 Å². The number of aryl methyl sites for hydroxylation is 1. The van der Waals surface area contributed by atoms with E-state index in [1.54, 1.807) is 13.2 Å². The largest absolute Gasteiger partial charge is 0.425 e. The molecule has 3 heterocycles. The van der Waals surface area contributed by atoms with Gasteiger partial charge in [-0.1, -0.05) is 0 Å². The molecule has 33 heavy (non-hydrogen) atoms. The van der Waals surface area contributed by atoms with E-state index in [-0.39, 0.29) is 22.8 Å². The second-order valence-corrected chi connectivity index (χ2v) is 7.37. The molecule has 4 rings (SSSR count). The zero-order valence-electron chi connectivity index (χ0n) is 17.7. The highest BCUT2D eigenvalue weighted by Crippen LogP contribution is 2.29. The van der Waals surface area contributed by atoms with Crippen LogP contribution in [0.2, 0.25) is 0 Å². The molecule has 2 atom stereocenters. The summed E-state index contributed by atoms with van der Waals surface area (Å²) in [7, 11) is 1.66. The molecule has 8 nitrogen and oxygen atoms in total. The Kier molecular flexibility index (Phi) is 5.75. The lowest BCUT2D eigenvalue weighted by molar-refractivity contribution is 0.359. The van der Waals surface area contributed by atoms with Crippen LogP contribution in [0.1, 0.15) is 37.3 Å². The van der Waals surface area contributed by atoms with Crippen molar-refractivity contribution < 1.29 is 22.0 Å². The van der Waals surface area contributed by atoms with Crippen LogP contribution in [-0.4, -0.2) is 24.3 Å². The van der Waals surface area contributed by atoms with E-state index in [9.17, 15) is 22.4 Å². The third-order valence-corrected chi connectivity index (χ3v) is 4.98. The summed E-state index contributed by atoms with van der Waals surface area (Å²) in [5.74, 6) is -4.14. The number of hydrogen-bond donors (Lipinski definition) is 1. The highest BCUT2D eigenvalue weighted by atomic mass is 19.1. The van der Waals surface area contributed by atoms with Crippen LogP contribution in [0, 0.1) is 17.5 Å². The number of halogens is 4. The summed E-state index contributed by atoms with van der Waals surface area (Å²) in [6.45, 7) is 2.67. The Balaban J connectivity index is 1.66. The summed E-state index contributed by atoms with van der Waals surface area (Å²) in [6, 6.07) is 1.24. The molecule has 1 N–H and O–H groups in total. The monoisotopic (exact) mass is 462 g/mol. The Bertz CT molecular complexity index is 1380. The number of oxazole rings is 1. The lowest BCUT2D eigenvalue weighted by atomic mass is 10.0. The van der Waals surface area contributed by atoms with Crippen LogP contribution in [0.25, 0.3) is 16.9 Å². The van der Waals surface area contributed by atoms with E-state index in [0.29, 0.717) is 10.1 Å². The van der Waals surface area contributed by atoms with Crippen LogP contribution in [0.4, 0.5) is 23.5 Å². The topological polar surface area (TPSA) is 90.8 Å². The number of benzene rings is 1. The zero-order valence-corrected chi connectivity index (χ0v) is 17.7. The standard InChI is InChI=1S/C21H18F4N6O2/c1-10(22)18-9-33-21(32)31(18)19-17(25)7-26-20(29-19)28-11(2)13-4-16(24)14(5-15(13)23)12-6-27-30(3)8-12/h4-11H,1-3H3,(H,26,28,29)/t10-,11-/m0/s1. The predicted octanol–water partition coefficient (Wildman–Crippen LogP) is 4.24. The Morgan fingerprint density at radius 3 is 2.52 bits per heavy atom. The van der Waals surface area contributed by atoms with Crippen molar-refractivity contribution in [3.05, 3.63) is 76.2 Å². The summed E-state index contributed by atoms with van der Waals surface area (Å²) in [6.07, 6.45) is 2.96. The minimum atomic E-state index is -1.64. The molecular weight excluding hydrogens is 444 g/mol. The van der Waals surface area contributed by atoms with E-state index in [1.807, 2.05) is 0 Å². The first kappa shape index (κ1) is 22.2. The van der Waals surface area contributed by atoms with Crippen molar-refractivity contribution in [2.45, 2.75) is 26.1 Å². The number of alkyl halides is 1. The van der Waals surface area contributed by atoms with Crippen LogP contribution < -0.4 is 11.1 Å². The highest BCUT2D eigenvalue weighted by molar-refractivity contribution is 5.63. The van der Waals surface area contributed by atoms with E-state index >= 15 is 0 Å². The number of hydrogen-bond acceptors (Lipinski definition) is 6. The van der Waals surface area contributed by atoms with Crippen LogP contribution in [0.5, 0.6) is 0 Å². The molecule has 0 aliphatic heterocycles. The molecule has 4 aromatic rings. The van der Waals surface area contributed by atoms with Gasteiger partial charge in [0, 0.05) is 29.9 Å². The average molecular weight is 462 g/mol. The van der Waals surface area contributed by atoms with E-state index in [0.717, 1.165) is 31.5 Å². The summed E-state index contributed by atoms with van der Waals surface area (Å²) < 4.78 is 64.4. The van der Waals surface area contributed by atoms with Gasteiger partial charge in [0.15, 0.2) is 11.6 Å². The maximum Gasteiger partial charge on any atom is 0.425 e. The molecule has 0 aliphatic carbocycles. The van der Waals surface area contributed by atoms with Crippen LogP contribution >= 0.6 is 0 Å². The predicted molar refractivity (Wildman–Crippen MR) is 110 cm³/mol. The third kappa shape index (κ3) is 4.23. The highest BCUT2D eigenvalue weighted by Gasteiger charge is 2.22. The molecule has 172 valence electrons. The molecule has 0 radical (unpaired) electrons. The molecule has 12 heteroatoms. The summed E-state index contributed by atoms with van der Waals surface area (Å²) in [5.41, 5.74) is 0.184. The lowest BCUT2D eigenvalue weighted by Crippen LogP contribution is -2.20. The van der Waals surface area contributed by atoms with Gasteiger partial charge in [0.1, 0.15) is 29.8 Å². The maximum absolute atomic E-state index is 14.8. The van der Waals surface area contributed by atoms with Gasteiger partial charge in [-0.05, 0) is 26.0 Å². The van der Waals surface area contributed by atoms with Gasteiger partial charge < -0.3 is 9.73 Å². The molecule has 0 saturated heterocycles. The maximum atomic E-state index is 14.8. The minimum absolute atomic E-state index is 0.0341. The number of nitrogens with zero attached hydrogens (tertiary/aromatic N) is 5. The van der Waals surface area contributed by atoms with Gasteiger partial charge in [0.25, 0.3) is 0 Å². The minimum Gasteiger partial charge on any atom is -0.416 e. The van der Waals surface area contributed by atoms with Crippen molar-refractivity contribution in [1.82, 2.24) is 24.3 Å². The van der Waals surface area contributed by atoms with Gasteiger partial charge in [0.2, 0.25) is 5.95 Å². The normalized spacial score (nSPS) is 13.2. The van der Waals surface area contributed by atoms with Gasteiger partial charge in [-0.3, -0.25) is 4.68 Å². The molecular formula is C21H18F4N6O2. The first-order chi connectivity index (χ1) is 15.7. The molecule has 0 spiro atoms. The molecule has 1 aromatic carbocycles. The number of aromatic nitrogens is 5. The van der Waals surface area contributed by atoms with Gasteiger partial charge in [0.05, 0.1) is 18.4 Å².